The first-order chi connectivity index (χ1) is 15.5. The van der Waals surface area contributed by atoms with Gasteiger partial charge in [-0.3, -0.25) is 4.79 Å². The maximum atomic E-state index is 12.0. The van der Waals surface area contributed by atoms with Crippen LogP contribution in [0.1, 0.15) is 23.5 Å². The number of aliphatic hydroxyl groups excluding tert-OH is 1. The highest BCUT2D eigenvalue weighted by Gasteiger charge is 2.28. The van der Waals surface area contributed by atoms with Crippen molar-refractivity contribution in [2.45, 2.75) is 18.4 Å². The zero-order chi connectivity index (χ0) is 22.9. The predicted octanol–water partition coefficient (Wildman–Crippen LogP) is 1.49. The molecule has 0 radical (unpaired) electrons. The Morgan fingerprint density at radius 3 is 2.19 bits per heavy atom. The number of benzene rings is 2. The van der Waals surface area contributed by atoms with Crippen molar-refractivity contribution < 1.29 is 34.1 Å². The van der Waals surface area contributed by atoms with E-state index < -0.39 is 24.1 Å². The molecule has 2 aromatic carbocycles. The fourth-order valence-corrected chi connectivity index (χ4v) is 3.56. The summed E-state index contributed by atoms with van der Waals surface area (Å²) in [5.74, 6) is -1.80. The van der Waals surface area contributed by atoms with Crippen molar-refractivity contribution in [3.05, 3.63) is 59.7 Å². The van der Waals surface area contributed by atoms with E-state index in [1.807, 2.05) is 36.4 Å². The van der Waals surface area contributed by atoms with Gasteiger partial charge in [-0.25, -0.2) is 9.59 Å². The Labute approximate surface area is 185 Å². The molecule has 0 saturated carbocycles. The van der Waals surface area contributed by atoms with Crippen LogP contribution in [0.25, 0.3) is 11.1 Å². The number of aliphatic carboxylic acids is 1. The third kappa shape index (κ3) is 6.05. The lowest BCUT2D eigenvalue weighted by atomic mass is 9.98. The number of hydrogen-bond acceptors (Lipinski definition) is 6. The van der Waals surface area contributed by atoms with E-state index in [0.717, 1.165) is 22.3 Å². The maximum Gasteiger partial charge on any atom is 0.407 e. The minimum Gasteiger partial charge on any atom is -0.479 e. The fraction of sp³-hybridized carbons (Fsp3) is 0.348. The van der Waals surface area contributed by atoms with Crippen molar-refractivity contribution >= 4 is 18.0 Å². The van der Waals surface area contributed by atoms with Gasteiger partial charge in [0.1, 0.15) is 13.2 Å². The van der Waals surface area contributed by atoms with Gasteiger partial charge in [-0.15, -0.1) is 0 Å². The van der Waals surface area contributed by atoms with Crippen molar-refractivity contribution in [3.63, 3.8) is 0 Å². The van der Waals surface area contributed by atoms with E-state index in [1.165, 1.54) is 0 Å². The molecule has 4 N–H and O–H groups in total. The number of carboxylic acids is 1. The number of rotatable bonds is 11. The Morgan fingerprint density at radius 2 is 1.56 bits per heavy atom. The number of ether oxygens (including phenoxy) is 2. The minimum atomic E-state index is -1.52. The summed E-state index contributed by atoms with van der Waals surface area (Å²) in [4.78, 5) is 34.1. The Bertz CT molecular complexity index is 917. The first-order valence-corrected chi connectivity index (χ1v) is 10.3. The van der Waals surface area contributed by atoms with E-state index in [4.69, 9.17) is 19.7 Å². The topological polar surface area (TPSA) is 134 Å². The minimum absolute atomic E-state index is 0.0206. The van der Waals surface area contributed by atoms with E-state index >= 15 is 0 Å². The number of nitrogens with one attached hydrogen (secondary N) is 2. The van der Waals surface area contributed by atoms with Gasteiger partial charge in [0.05, 0.1) is 6.61 Å². The summed E-state index contributed by atoms with van der Waals surface area (Å²) in [6, 6.07) is 16.1. The summed E-state index contributed by atoms with van der Waals surface area (Å²) in [7, 11) is 0. The van der Waals surface area contributed by atoms with E-state index in [2.05, 4.69) is 22.8 Å². The Hall–Kier alpha value is -3.43. The van der Waals surface area contributed by atoms with Gasteiger partial charge in [0, 0.05) is 25.4 Å². The fourth-order valence-electron chi connectivity index (χ4n) is 3.56. The highest BCUT2D eigenvalue weighted by molar-refractivity contribution is 5.79. The second-order valence-corrected chi connectivity index (χ2v) is 7.30. The predicted molar refractivity (Wildman–Crippen MR) is 115 cm³/mol. The number of hydrogen-bond donors (Lipinski definition) is 4. The molecule has 0 heterocycles. The molecule has 170 valence electrons. The molecule has 3 rings (SSSR count). The second kappa shape index (κ2) is 11.3. The van der Waals surface area contributed by atoms with Gasteiger partial charge < -0.3 is 30.3 Å². The summed E-state index contributed by atoms with van der Waals surface area (Å²) < 4.78 is 10.6. The molecule has 2 amide bonds. The maximum absolute atomic E-state index is 12.0. The normalized spacial score (nSPS) is 13.0. The molecule has 0 fully saturated rings. The molecule has 1 atom stereocenters. The van der Waals surface area contributed by atoms with Crippen molar-refractivity contribution in [3.8, 4) is 11.1 Å². The summed E-state index contributed by atoms with van der Waals surface area (Å²) >= 11 is 0. The van der Waals surface area contributed by atoms with Gasteiger partial charge >= 0.3 is 12.1 Å². The lowest BCUT2D eigenvalue weighted by Gasteiger charge is -2.14. The Kier molecular flexibility index (Phi) is 8.18. The molecule has 1 aliphatic carbocycles. The molecule has 1 unspecified atom stereocenters. The van der Waals surface area contributed by atoms with Crippen LogP contribution in [0.4, 0.5) is 4.79 Å². The highest BCUT2D eigenvalue weighted by atomic mass is 16.5. The first-order valence-electron chi connectivity index (χ1n) is 10.3. The molecular weight excluding hydrogens is 416 g/mol. The Balaban J connectivity index is 1.33. The molecule has 32 heavy (non-hydrogen) atoms. The molecule has 0 aliphatic heterocycles. The molecule has 0 aromatic heterocycles. The summed E-state index contributed by atoms with van der Waals surface area (Å²) in [6.45, 7) is 0.269. The third-order valence-electron chi connectivity index (χ3n) is 5.12. The van der Waals surface area contributed by atoms with Crippen LogP contribution in [0, 0.1) is 0 Å². The molecule has 9 heteroatoms. The van der Waals surface area contributed by atoms with Crippen LogP contribution < -0.4 is 10.6 Å². The molecule has 0 bridgehead atoms. The zero-order valence-corrected chi connectivity index (χ0v) is 17.5. The summed E-state index contributed by atoms with van der Waals surface area (Å²) in [6.07, 6.45) is -2.18. The number of amides is 2. The van der Waals surface area contributed by atoms with Crippen molar-refractivity contribution in [1.82, 2.24) is 10.6 Å². The van der Waals surface area contributed by atoms with Gasteiger partial charge in [-0.2, -0.15) is 0 Å². The number of carboxylic acid groups (broad SMARTS) is 1. The second-order valence-electron chi connectivity index (χ2n) is 7.30. The number of carbonyl (C=O) groups excluding carboxylic acids is 2. The van der Waals surface area contributed by atoms with E-state index in [1.54, 1.807) is 0 Å². The molecule has 2 aromatic rings. The standard InChI is InChI=1S/C23H26N2O7/c26-20(22(28)29)9-10-24-21(27)14-31-12-11-25-23(30)32-13-19-17-7-3-1-5-15(17)16-6-2-4-8-18(16)19/h1-8,19-20,26H,9-14H2,(H,24,27)(H,25,30)(H,28,29). The lowest BCUT2D eigenvalue weighted by molar-refractivity contribution is -0.147. The van der Waals surface area contributed by atoms with Crippen molar-refractivity contribution in [2.75, 3.05) is 32.9 Å². The van der Waals surface area contributed by atoms with Gasteiger partial charge in [-0.1, -0.05) is 48.5 Å². The SMILES string of the molecule is O=C(COCCNC(=O)OCC1c2ccccc2-c2ccccc21)NCCC(O)C(=O)O. The van der Waals surface area contributed by atoms with Gasteiger partial charge in [-0.05, 0) is 22.3 Å². The average Bonchev–Trinajstić information content (AvgIpc) is 3.11. The van der Waals surface area contributed by atoms with Crippen LogP contribution in [0.3, 0.4) is 0 Å². The van der Waals surface area contributed by atoms with Crippen molar-refractivity contribution in [1.29, 1.82) is 0 Å². The number of aliphatic hydroxyl groups is 1. The summed E-state index contributed by atoms with van der Waals surface area (Å²) in [5.41, 5.74) is 4.57. The van der Waals surface area contributed by atoms with E-state index in [-0.39, 0.29) is 45.2 Å². The third-order valence-corrected chi connectivity index (χ3v) is 5.12. The van der Waals surface area contributed by atoms with Crippen LogP contribution in [0.5, 0.6) is 0 Å². The molecule has 1 aliphatic rings. The van der Waals surface area contributed by atoms with Crippen LogP contribution >= 0.6 is 0 Å². The number of alkyl carbamates (subject to hydrolysis) is 1. The quantitative estimate of drug-likeness (QED) is 0.387. The average molecular weight is 442 g/mol. The van der Waals surface area contributed by atoms with Gasteiger partial charge in [0.25, 0.3) is 0 Å². The number of fused-ring (bicyclic) bond motifs is 3. The van der Waals surface area contributed by atoms with Crippen LogP contribution in [-0.2, 0) is 19.1 Å². The number of carbonyl (C=O) groups is 3. The zero-order valence-electron chi connectivity index (χ0n) is 17.5. The van der Waals surface area contributed by atoms with E-state index in [9.17, 15) is 14.4 Å². The van der Waals surface area contributed by atoms with Crippen LogP contribution in [0.15, 0.2) is 48.5 Å². The summed E-state index contributed by atoms with van der Waals surface area (Å²) in [5, 5.41) is 22.7. The molecule has 9 nitrogen and oxygen atoms in total. The van der Waals surface area contributed by atoms with E-state index in [0.29, 0.717) is 0 Å². The highest BCUT2D eigenvalue weighted by Crippen LogP contribution is 2.44. The van der Waals surface area contributed by atoms with Gasteiger partial charge in [0.2, 0.25) is 5.91 Å². The van der Waals surface area contributed by atoms with Crippen LogP contribution in [0.2, 0.25) is 0 Å². The van der Waals surface area contributed by atoms with Crippen molar-refractivity contribution in [2.24, 2.45) is 0 Å². The monoisotopic (exact) mass is 442 g/mol. The molecule has 0 spiro atoms. The Morgan fingerprint density at radius 1 is 0.938 bits per heavy atom. The smallest absolute Gasteiger partial charge is 0.407 e. The lowest BCUT2D eigenvalue weighted by Crippen LogP contribution is -2.33. The first kappa shape index (κ1) is 23.2. The van der Waals surface area contributed by atoms with Crippen LogP contribution in [-0.4, -0.2) is 67.2 Å². The molecule has 0 saturated heterocycles. The van der Waals surface area contributed by atoms with Gasteiger partial charge in [0.15, 0.2) is 6.10 Å². The largest absolute Gasteiger partial charge is 0.479 e. The molecular formula is C23H26N2O7.